The molecule has 0 aliphatic carbocycles. The normalized spacial score (nSPS) is 10.2. The van der Waals surface area contributed by atoms with Crippen LogP contribution >= 0.6 is 0 Å². The molecule has 0 saturated carbocycles. The zero-order valence-corrected chi connectivity index (χ0v) is 8.14. The van der Waals surface area contributed by atoms with Crippen LogP contribution in [0.2, 0.25) is 0 Å². The van der Waals surface area contributed by atoms with E-state index in [4.69, 9.17) is 10.8 Å². The molecule has 7 nitrogen and oxygen atoms in total. The first-order valence-corrected chi connectivity index (χ1v) is 4.21. The lowest BCUT2D eigenvalue weighted by Crippen LogP contribution is -2.40. The molecule has 1 aromatic heterocycles. The van der Waals surface area contributed by atoms with E-state index >= 15 is 0 Å². The van der Waals surface area contributed by atoms with Gasteiger partial charge in [-0.05, 0) is 0 Å². The van der Waals surface area contributed by atoms with E-state index in [0.717, 1.165) is 9.13 Å². The van der Waals surface area contributed by atoms with E-state index in [2.05, 4.69) is 0 Å². The fourth-order valence-electron chi connectivity index (χ4n) is 1.16. The second kappa shape index (κ2) is 3.99. The molecule has 1 rings (SSSR count). The van der Waals surface area contributed by atoms with Gasteiger partial charge in [-0.2, -0.15) is 0 Å². The van der Waals surface area contributed by atoms with Gasteiger partial charge in [0.15, 0.2) is 0 Å². The number of aromatic nitrogens is 2. The average Bonchev–Trinajstić information content (AvgIpc) is 2.14. The number of hydrogen-bond donors (Lipinski definition) is 2. The van der Waals surface area contributed by atoms with E-state index < -0.39 is 17.2 Å². The summed E-state index contributed by atoms with van der Waals surface area (Å²) in [5, 5.41) is 8.44. The fraction of sp³-hybridized carbons (Fsp3) is 0.375. The van der Waals surface area contributed by atoms with E-state index in [1.807, 2.05) is 0 Å². The number of nitrogen functional groups attached to an aromatic ring is 1. The Hall–Kier alpha value is -2.05. The van der Waals surface area contributed by atoms with Crippen molar-refractivity contribution in [2.24, 2.45) is 7.05 Å². The molecular weight excluding hydrogens is 202 g/mol. The Kier molecular flexibility index (Phi) is 2.93. The third kappa shape index (κ3) is 2.25. The molecule has 0 aliphatic heterocycles. The van der Waals surface area contributed by atoms with Crippen LogP contribution in [0, 0.1) is 0 Å². The van der Waals surface area contributed by atoms with Crippen LogP contribution < -0.4 is 17.0 Å². The summed E-state index contributed by atoms with van der Waals surface area (Å²) in [6.45, 7) is -0.175. The molecule has 0 atom stereocenters. The molecule has 0 spiro atoms. The zero-order valence-electron chi connectivity index (χ0n) is 8.14. The summed E-state index contributed by atoms with van der Waals surface area (Å²) in [4.78, 5) is 33.1. The highest BCUT2D eigenvalue weighted by Crippen LogP contribution is 1.89. The van der Waals surface area contributed by atoms with Crippen molar-refractivity contribution in [3.05, 3.63) is 27.0 Å². The first-order chi connectivity index (χ1) is 6.93. The lowest BCUT2D eigenvalue weighted by molar-refractivity contribution is -0.137. The Morgan fingerprint density at radius 1 is 1.53 bits per heavy atom. The van der Waals surface area contributed by atoms with E-state index in [0.29, 0.717) is 0 Å². The first kappa shape index (κ1) is 11.0. The van der Waals surface area contributed by atoms with Gasteiger partial charge in [0.05, 0.1) is 6.42 Å². The number of aliphatic carboxylic acids is 1. The summed E-state index contributed by atoms with van der Waals surface area (Å²) < 4.78 is 1.95. The van der Waals surface area contributed by atoms with Crippen molar-refractivity contribution in [2.75, 3.05) is 5.73 Å². The van der Waals surface area contributed by atoms with Crippen molar-refractivity contribution in [1.82, 2.24) is 9.13 Å². The third-order valence-corrected chi connectivity index (χ3v) is 1.91. The molecule has 0 aromatic carbocycles. The quantitative estimate of drug-likeness (QED) is 0.642. The summed E-state index contributed by atoms with van der Waals surface area (Å²) in [5.41, 5.74) is 4.05. The number of nitrogens with two attached hydrogens (primary N) is 1. The van der Waals surface area contributed by atoms with E-state index in [9.17, 15) is 14.4 Å². The van der Waals surface area contributed by atoms with Gasteiger partial charge in [0.2, 0.25) is 0 Å². The maximum Gasteiger partial charge on any atom is 0.330 e. The van der Waals surface area contributed by atoms with Gasteiger partial charge in [0.1, 0.15) is 5.69 Å². The molecule has 0 radical (unpaired) electrons. The highest BCUT2D eigenvalue weighted by atomic mass is 16.4. The molecular formula is C8H11N3O4. The number of carboxylic acids is 1. The van der Waals surface area contributed by atoms with Crippen molar-refractivity contribution in [2.45, 2.75) is 13.0 Å². The van der Waals surface area contributed by atoms with E-state index in [1.54, 1.807) is 0 Å². The second-order valence-electron chi connectivity index (χ2n) is 3.08. The van der Waals surface area contributed by atoms with Crippen molar-refractivity contribution in [3.8, 4) is 0 Å². The molecule has 3 N–H and O–H groups in total. The molecule has 0 saturated heterocycles. The Bertz CT molecular complexity index is 465. The van der Waals surface area contributed by atoms with Gasteiger partial charge in [-0.15, -0.1) is 0 Å². The predicted molar refractivity (Wildman–Crippen MR) is 52.6 cm³/mol. The van der Waals surface area contributed by atoms with Crippen LogP contribution in [0.3, 0.4) is 0 Å². The Balaban J connectivity index is 3.22. The van der Waals surface area contributed by atoms with Crippen molar-refractivity contribution >= 4 is 11.7 Å². The standard InChI is InChI=1S/C8H11N3O4/c1-10-4-5(9)7(14)11(8(10)15)3-2-6(12)13/h4H,2-3,9H2,1H3,(H,12,13). The van der Waals surface area contributed by atoms with Gasteiger partial charge < -0.3 is 15.4 Å². The number of aryl methyl sites for hydroxylation is 1. The van der Waals surface area contributed by atoms with Crippen LogP contribution in [-0.2, 0) is 18.4 Å². The minimum absolute atomic E-state index is 0.0810. The SMILES string of the molecule is Cn1cc(N)c(=O)n(CCC(=O)O)c1=O. The highest BCUT2D eigenvalue weighted by molar-refractivity contribution is 5.66. The van der Waals surface area contributed by atoms with Crippen LogP contribution in [0.15, 0.2) is 15.8 Å². The number of carboxylic acid groups (broad SMARTS) is 1. The Labute approximate surface area is 84.4 Å². The predicted octanol–water partition coefficient (Wildman–Crippen LogP) is -1.40. The second-order valence-corrected chi connectivity index (χ2v) is 3.08. The number of nitrogens with zero attached hydrogens (tertiary/aromatic N) is 2. The zero-order chi connectivity index (χ0) is 11.6. The van der Waals surface area contributed by atoms with Crippen LogP contribution in [-0.4, -0.2) is 20.2 Å². The third-order valence-electron chi connectivity index (χ3n) is 1.91. The lowest BCUT2D eigenvalue weighted by Gasteiger charge is -2.06. The molecule has 82 valence electrons. The number of carbonyl (C=O) groups is 1. The summed E-state index contributed by atoms with van der Waals surface area (Å²) in [6, 6.07) is 0. The number of hydrogen-bond acceptors (Lipinski definition) is 4. The van der Waals surface area contributed by atoms with Crippen LogP contribution in [0.4, 0.5) is 5.69 Å². The van der Waals surface area contributed by atoms with Crippen molar-refractivity contribution in [1.29, 1.82) is 0 Å². The van der Waals surface area contributed by atoms with Gasteiger partial charge in [-0.25, -0.2) is 4.79 Å². The number of rotatable bonds is 3. The Morgan fingerprint density at radius 3 is 2.67 bits per heavy atom. The van der Waals surface area contributed by atoms with E-state index in [-0.39, 0.29) is 18.7 Å². The lowest BCUT2D eigenvalue weighted by atomic mass is 10.4. The molecule has 0 amide bonds. The first-order valence-electron chi connectivity index (χ1n) is 4.21. The summed E-state index contributed by atoms with van der Waals surface area (Å²) in [6.07, 6.45) is 0.917. The minimum atomic E-state index is -1.08. The number of anilines is 1. The van der Waals surface area contributed by atoms with Crippen LogP contribution in [0.5, 0.6) is 0 Å². The Morgan fingerprint density at radius 2 is 2.13 bits per heavy atom. The molecule has 1 heterocycles. The van der Waals surface area contributed by atoms with Gasteiger partial charge in [-0.1, -0.05) is 0 Å². The molecule has 0 unspecified atom stereocenters. The van der Waals surface area contributed by atoms with Gasteiger partial charge >= 0.3 is 11.7 Å². The molecule has 0 fully saturated rings. The molecule has 0 aliphatic rings. The fourth-order valence-corrected chi connectivity index (χ4v) is 1.16. The highest BCUT2D eigenvalue weighted by Gasteiger charge is 2.08. The minimum Gasteiger partial charge on any atom is -0.481 e. The molecule has 0 bridgehead atoms. The average molecular weight is 213 g/mol. The van der Waals surface area contributed by atoms with Crippen molar-refractivity contribution < 1.29 is 9.90 Å². The summed E-state index contributed by atoms with van der Waals surface area (Å²) in [7, 11) is 1.44. The molecule has 15 heavy (non-hydrogen) atoms. The monoisotopic (exact) mass is 213 g/mol. The summed E-state index contributed by atoms with van der Waals surface area (Å²) in [5.74, 6) is -1.08. The maximum atomic E-state index is 11.4. The van der Waals surface area contributed by atoms with Gasteiger partial charge in [0, 0.05) is 19.8 Å². The largest absolute Gasteiger partial charge is 0.481 e. The van der Waals surface area contributed by atoms with Gasteiger partial charge in [0.25, 0.3) is 5.56 Å². The molecule has 7 heteroatoms. The topological polar surface area (TPSA) is 107 Å². The molecule has 1 aromatic rings. The van der Waals surface area contributed by atoms with Crippen molar-refractivity contribution in [3.63, 3.8) is 0 Å². The van der Waals surface area contributed by atoms with Crippen LogP contribution in [0.25, 0.3) is 0 Å². The van der Waals surface area contributed by atoms with E-state index in [1.165, 1.54) is 13.2 Å². The van der Waals surface area contributed by atoms with Gasteiger partial charge in [-0.3, -0.25) is 14.2 Å². The summed E-state index contributed by atoms with van der Waals surface area (Å²) >= 11 is 0. The maximum absolute atomic E-state index is 11.4. The van der Waals surface area contributed by atoms with Crippen LogP contribution in [0.1, 0.15) is 6.42 Å². The smallest absolute Gasteiger partial charge is 0.330 e.